The molecule has 4 fully saturated rings. The summed E-state index contributed by atoms with van der Waals surface area (Å²) in [5, 5.41) is 10.0. The number of phenolic OH excluding ortho intramolecular Hbond substituents is 1. The molecule has 0 radical (unpaired) electrons. The SMILES string of the molecule is COc1ccc(C(N)C23CC4CC(CC(C4)C2)C3)cc1O. The maximum Gasteiger partial charge on any atom is 0.160 e. The molecule has 1 aromatic rings. The van der Waals surface area contributed by atoms with Crippen molar-refractivity contribution in [1.82, 2.24) is 0 Å². The fourth-order valence-corrected chi connectivity index (χ4v) is 5.81. The van der Waals surface area contributed by atoms with Crippen molar-refractivity contribution >= 4 is 0 Å². The van der Waals surface area contributed by atoms with Crippen LogP contribution in [0.15, 0.2) is 18.2 Å². The van der Waals surface area contributed by atoms with Crippen LogP contribution in [-0.2, 0) is 0 Å². The Morgan fingerprint density at radius 3 is 2.19 bits per heavy atom. The average Bonchev–Trinajstić information content (AvgIpc) is 2.45. The van der Waals surface area contributed by atoms with Crippen molar-refractivity contribution in [1.29, 1.82) is 0 Å². The predicted molar refractivity (Wildman–Crippen MR) is 82.2 cm³/mol. The molecule has 0 aromatic heterocycles. The van der Waals surface area contributed by atoms with Gasteiger partial charge in [0, 0.05) is 6.04 Å². The van der Waals surface area contributed by atoms with Crippen molar-refractivity contribution in [3.8, 4) is 11.5 Å². The Bertz CT molecular complexity index is 519. The molecule has 4 aliphatic carbocycles. The van der Waals surface area contributed by atoms with Gasteiger partial charge in [-0.2, -0.15) is 0 Å². The van der Waals surface area contributed by atoms with Gasteiger partial charge in [0.2, 0.25) is 0 Å². The van der Waals surface area contributed by atoms with Crippen LogP contribution in [0.2, 0.25) is 0 Å². The second kappa shape index (κ2) is 4.64. The number of hydrogen-bond donors (Lipinski definition) is 2. The number of ether oxygens (including phenoxy) is 1. The quantitative estimate of drug-likeness (QED) is 0.892. The Morgan fingerprint density at radius 2 is 1.71 bits per heavy atom. The predicted octanol–water partition coefficient (Wildman–Crippen LogP) is 3.62. The third-order valence-electron chi connectivity index (χ3n) is 6.31. The third-order valence-corrected chi connectivity index (χ3v) is 6.31. The van der Waals surface area contributed by atoms with E-state index in [0.717, 1.165) is 23.3 Å². The largest absolute Gasteiger partial charge is 0.504 e. The first kappa shape index (κ1) is 13.4. The third kappa shape index (κ3) is 2.05. The van der Waals surface area contributed by atoms with Gasteiger partial charge in [-0.25, -0.2) is 0 Å². The minimum Gasteiger partial charge on any atom is -0.504 e. The highest BCUT2D eigenvalue weighted by molar-refractivity contribution is 5.43. The number of rotatable bonds is 3. The summed E-state index contributed by atoms with van der Waals surface area (Å²) in [6, 6.07) is 5.72. The van der Waals surface area contributed by atoms with Gasteiger partial charge in [-0.1, -0.05) is 6.07 Å². The molecule has 3 N–H and O–H groups in total. The summed E-state index contributed by atoms with van der Waals surface area (Å²) in [5.41, 5.74) is 8.04. The summed E-state index contributed by atoms with van der Waals surface area (Å²) >= 11 is 0. The van der Waals surface area contributed by atoms with Crippen molar-refractivity contribution in [2.24, 2.45) is 28.9 Å². The zero-order valence-corrected chi connectivity index (χ0v) is 12.7. The van der Waals surface area contributed by atoms with Gasteiger partial charge in [0.15, 0.2) is 11.5 Å². The summed E-state index contributed by atoms with van der Waals surface area (Å²) in [6.45, 7) is 0. The fraction of sp³-hybridized carbons (Fsp3) is 0.667. The van der Waals surface area contributed by atoms with Crippen molar-refractivity contribution in [3.05, 3.63) is 23.8 Å². The average molecular weight is 287 g/mol. The Hall–Kier alpha value is -1.22. The van der Waals surface area contributed by atoms with Gasteiger partial charge in [0.1, 0.15) is 0 Å². The van der Waals surface area contributed by atoms with Crippen molar-refractivity contribution in [2.45, 2.75) is 44.6 Å². The normalized spacial score (nSPS) is 38.5. The Morgan fingerprint density at radius 1 is 1.14 bits per heavy atom. The number of hydrogen-bond acceptors (Lipinski definition) is 3. The monoisotopic (exact) mass is 287 g/mol. The van der Waals surface area contributed by atoms with E-state index in [-0.39, 0.29) is 17.2 Å². The van der Waals surface area contributed by atoms with E-state index in [2.05, 4.69) is 0 Å². The lowest BCUT2D eigenvalue weighted by atomic mass is 9.47. The molecule has 0 aliphatic heterocycles. The van der Waals surface area contributed by atoms with Crippen LogP contribution in [-0.4, -0.2) is 12.2 Å². The summed E-state index contributed by atoms with van der Waals surface area (Å²) < 4.78 is 5.14. The van der Waals surface area contributed by atoms with E-state index in [1.807, 2.05) is 18.2 Å². The Labute approximate surface area is 126 Å². The minimum atomic E-state index is 0.0442. The molecule has 21 heavy (non-hydrogen) atoms. The first-order valence-corrected chi connectivity index (χ1v) is 8.22. The molecule has 1 atom stereocenters. The van der Waals surface area contributed by atoms with Crippen LogP contribution in [0, 0.1) is 23.2 Å². The second-order valence-corrected chi connectivity index (χ2v) is 7.69. The van der Waals surface area contributed by atoms with Gasteiger partial charge in [0.05, 0.1) is 7.11 Å². The smallest absolute Gasteiger partial charge is 0.160 e. The zero-order valence-electron chi connectivity index (χ0n) is 12.7. The van der Waals surface area contributed by atoms with Crippen molar-refractivity contribution in [2.75, 3.05) is 7.11 Å². The molecule has 114 valence electrons. The fourth-order valence-electron chi connectivity index (χ4n) is 5.81. The van der Waals surface area contributed by atoms with E-state index in [1.54, 1.807) is 7.11 Å². The van der Waals surface area contributed by atoms with Crippen LogP contribution in [0.1, 0.15) is 50.1 Å². The molecule has 5 rings (SSSR count). The first-order chi connectivity index (χ1) is 10.1. The lowest BCUT2D eigenvalue weighted by molar-refractivity contribution is -0.0678. The number of nitrogens with two attached hydrogens (primary N) is 1. The topological polar surface area (TPSA) is 55.5 Å². The van der Waals surface area contributed by atoms with Gasteiger partial charge < -0.3 is 15.6 Å². The van der Waals surface area contributed by atoms with E-state index >= 15 is 0 Å². The molecule has 3 nitrogen and oxygen atoms in total. The van der Waals surface area contributed by atoms with E-state index in [4.69, 9.17) is 10.5 Å². The maximum absolute atomic E-state index is 10.0. The molecule has 4 aliphatic rings. The van der Waals surface area contributed by atoms with Crippen LogP contribution < -0.4 is 10.5 Å². The van der Waals surface area contributed by atoms with Crippen LogP contribution in [0.25, 0.3) is 0 Å². The number of phenols is 1. The van der Waals surface area contributed by atoms with Crippen molar-refractivity contribution in [3.63, 3.8) is 0 Å². The standard InChI is InChI=1S/C18H25NO2/c1-21-16-3-2-14(7-15(16)20)17(19)18-8-11-4-12(9-18)6-13(5-11)10-18/h2-3,7,11-13,17,20H,4-6,8-10,19H2,1H3. The van der Waals surface area contributed by atoms with E-state index in [9.17, 15) is 5.11 Å². The molecule has 0 spiro atoms. The van der Waals surface area contributed by atoms with Crippen LogP contribution in [0.3, 0.4) is 0 Å². The lowest BCUT2D eigenvalue weighted by Crippen LogP contribution is -2.50. The summed E-state index contributed by atoms with van der Waals surface area (Å²) in [5.74, 6) is 3.42. The lowest BCUT2D eigenvalue weighted by Gasteiger charge is -2.59. The summed E-state index contributed by atoms with van der Waals surface area (Å²) in [7, 11) is 1.58. The van der Waals surface area contributed by atoms with Gasteiger partial charge in [-0.15, -0.1) is 0 Å². The van der Waals surface area contributed by atoms with Crippen LogP contribution in [0.5, 0.6) is 11.5 Å². The molecule has 0 saturated heterocycles. The molecular weight excluding hydrogens is 262 g/mol. The number of benzene rings is 1. The molecule has 4 bridgehead atoms. The number of aromatic hydroxyl groups is 1. The molecule has 4 saturated carbocycles. The van der Waals surface area contributed by atoms with E-state index in [1.165, 1.54) is 38.5 Å². The summed E-state index contributed by atoms with van der Waals surface area (Å²) in [6.07, 6.45) is 8.15. The molecule has 1 aromatic carbocycles. The van der Waals surface area contributed by atoms with Crippen molar-refractivity contribution < 1.29 is 9.84 Å². The van der Waals surface area contributed by atoms with Gasteiger partial charge in [0.25, 0.3) is 0 Å². The highest BCUT2D eigenvalue weighted by atomic mass is 16.5. The number of methoxy groups -OCH3 is 1. The maximum atomic E-state index is 10.0. The Balaban J connectivity index is 1.65. The van der Waals surface area contributed by atoms with Crippen LogP contribution >= 0.6 is 0 Å². The molecule has 3 heteroatoms. The highest BCUT2D eigenvalue weighted by Crippen LogP contribution is 2.63. The van der Waals surface area contributed by atoms with Crippen LogP contribution in [0.4, 0.5) is 0 Å². The molecule has 1 unspecified atom stereocenters. The van der Waals surface area contributed by atoms with Gasteiger partial charge >= 0.3 is 0 Å². The van der Waals surface area contributed by atoms with Gasteiger partial charge in [-0.3, -0.25) is 0 Å². The Kier molecular flexibility index (Phi) is 2.97. The second-order valence-electron chi connectivity index (χ2n) is 7.69. The van der Waals surface area contributed by atoms with Gasteiger partial charge in [-0.05, 0) is 79.4 Å². The first-order valence-electron chi connectivity index (χ1n) is 8.22. The molecule has 0 amide bonds. The highest BCUT2D eigenvalue weighted by Gasteiger charge is 2.53. The zero-order chi connectivity index (χ0) is 14.6. The minimum absolute atomic E-state index is 0.0442. The molecular formula is C18H25NO2. The summed E-state index contributed by atoms with van der Waals surface area (Å²) in [4.78, 5) is 0. The molecule has 0 heterocycles. The van der Waals surface area contributed by atoms with E-state index in [0.29, 0.717) is 5.75 Å². The van der Waals surface area contributed by atoms with E-state index < -0.39 is 0 Å².